The second-order valence-electron chi connectivity index (χ2n) is 5.05. The summed E-state index contributed by atoms with van der Waals surface area (Å²) in [5, 5.41) is 6.69. The number of anilines is 1. The Balaban J connectivity index is 1.64. The summed E-state index contributed by atoms with van der Waals surface area (Å²) in [6, 6.07) is 13.0. The van der Waals surface area contributed by atoms with E-state index >= 15 is 0 Å². The number of thioether (sulfide) groups is 1. The molecule has 0 radical (unpaired) electrons. The third kappa shape index (κ3) is 6.37. The minimum Gasteiger partial charge on any atom is -0.362 e. The first-order chi connectivity index (χ1) is 11.0. The summed E-state index contributed by atoms with van der Waals surface area (Å²) in [7, 11) is 0. The van der Waals surface area contributed by atoms with Crippen molar-refractivity contribution in [2.24, 2.45) is 0 Å². The number of halogens is 2. The van der Waals surface area contributed by atoms with Crippen LogP contribution in [0.1, 0.15) is 11.1 Å². The van der Waals surface area contributed by atoms with Gasteiger partial charge in [-0.25, -0.2) is 4.39 Å². The molecule has 0 fully saturated rings. The zero-order chi connectivity index (χ0) is 16.7. The van der Waals surface area contributed by atoms with E-state index in [-0.39, 0.29) is 5.02 Å². The highest BCUT2D eigenvalue weighted by molar-refractivity contribution is 7.98. The van der Waals surface area contributed by atoms with Crippen molar-refractivity contribution in [1.29, 1.82) is 0 Å². The first-order valence-electron chi connectivity index (χ1n) is 7.18. The fourth-order valence-corrected chi connectivity index (χ4v) is 3.08. The molecule has 0 aliphatic heterocycles. The summed E-state index contributed by atoms with van der Waals surface area (Å²) in [6.07, 6.45) is 0. The first-order valence-corrected chi connectivity index (χ1v) is 9.12. The maximum Gasteiger partial charge on any atom is 0.170 e. The molecule has 2 aromatic rings. The third-order valence-electron chi connectivity index (χ3n) is 3.10. The van der Waals surface area contributed by atoms with Crippen LogP contribution in [0.5, 0.6) is 0 Å². The molecule has 0 aliphatic carbocycles. The number of hydrogen-bond acceptors (Lipinski definition) is 2. The summed E-state index contributed by atoms with van der Waals surface area (Å²) in [6.45, 7) is 2.85. The van der Waals surface area contributed by atoms with Gasteiger partial charge in [0.15, 0.2) is 5.11 Å². The number of aryl methyl sites for hydroxylation is 1. The fraction of sp³-hybridized carbons (Fsp3) is 0.235. The highest BCUT2D eigenvalue weighted by Gasteiger charge is 2.02. The van der Waals surface area contributed by atoms with E-state index in [9.17, 15) is 4.39 Å². The number of nitrogens with one attached hydrogen (secondary N) is 2. The van der Waals surface area contributed by atoms with Crippen LogP contribution < -0.4 is 10.6 Å². The molecule has 0 atom stereocenters. The van der Waals surface area contributed by atoms with Crippen LogP contribution in [0.25, 0.3) is 0 Å². The topological polar surface area (TPSA) is 24.1 Å². The Morgan fingerprint density at radius 3 is 2.65 bits per heavy atom. The largest absolute Gasteiger partial charge is 0.362 e. The maximum atomic E-state index is 13.1. The molecule has 0 amide bonds. The van der Waals surface area contributed by atoms with Gasteiger partial charge in [-0.1, -0.05) is 41.4 Å². The van der Waals surface area contributed by atoms with Gasteiger partial charge in [-0.05, 0) is 42.9 Å². The van der Waals surface area contributed by atoms with Gasteiger partial charge in [0.2, 0.25) is 0 Å². The minimum absolute atomic E-state index is 0.0754. The Hall–Kier alpha value is -1.30. The van der Waals surface area contributed by atoms with Crippen molar-refractivity contribution in [1.82, 2.24) is 5.32 Å². The minimum atomic E-state index is -0.441. The molecular formula is C17H18ClFN2S2. The summed E-state index contributed by atoms with van der Waals surface area (Å²) >= 11 is 12.8. The van der Waals surface area contributed by atoms with Gasteiger partial charge in [0.1, 0.15) is 5.82 Å². The lowest BCUT2D eigenvalue weighted by molar-refractivity contribution is 0.628. The van der Waals surface area contributed by atoms with Gasteiger partial charge in [0.25, 0.3) is 0 Å². The SMILES string of the molecule is Cc1ccc(CSCCNC(=S)Nc2ccc(F)c(Cl)c2)cc1. The normalized spacial score (nSPS) is 10.4. The molecule has 0 unspecified atom stereocenters. The quantitative estimate of drug-likeness (QED) is 0.553. The second-order valence-corrected chi connectivity index (χ2v) is 6.97. The molecule has 2 N–H and O–H groups in total. The smallest absolute Gasteiger partial charge is 0.170 e. The van der Waals surface area contributed by atoms with Crippen molar-refractivity contribution in [3.8, 4) is 0 Å². The van der Waals surface area contributed by atoms with Crippen LogP contribution in [0.2, 0.25) is 5.02 Å². The van der Waals surface area contributed by atoms with Gasteiger partial charge >= 0.3 is 0 Å². The molecule has 0 saturated heterocycles. The average molecular weight is 369 g/mol. The maximum absolute atomic E-state index is 13.1. The standard InChI is InChI=1S/C17H18ClFN2S2/c1-12-2-4-13(5-3-12)11-23-9-8-20-17(22)21-14-6-7-16(19)15(18)10-14/h2-7,10H,8-9,11H2,1H3,(H2,20,21,22). The van der Waals surface area contributed by atoms with Crippen LogP contribution in [-0.4, -0.2) is 17.4 Å². The molecule has 2 rings (SSSR count). The van der Waals surface area contributed by atoms with Gasteiger partial charge in [-0.2, -0.15) is 11.8 Å². The molecule has 6 heteroatoms. The van der Waals surface area contributed by atoms with Crippen molar-refractivity contribution < 1.29 is 4.39 Å². The highest BCUT2D eigenvalue weighted by atomic mass is 35.5. The zero-order valence-corrected chi connectivity index (χ0v) is 15.1. The van der Waals surface area contributed by atoms with Crippen molar-refractivity contribution >= 4 is 46.4 Å². The Labute approximate surface area is 150 Å². The first kappa shape index (κ1) is 18.0. The van der Waals surface area contributed by atoms with E-state index in [0.717, 1.165) is 18.1 Å². The molecule has 2 aromatic carbocycles. The summed E-state index contributed by atoms with van der Waals surface area (Å²) in [5.74, 6) is 1.49. The van der Waals surface area contributed by atoms with Crippen LogP contribution >= 0.6 is 35.6 Å². The Bertz CT molecular complexity index is 662. The van der Waals surface area contributed by atoms with Gasteiger partial charge in [-0.3, -0.25) is 0 Å². The van der Waals surface area contributed by atoms with Crippen LogP contribution in [0, 0.1) is 12.7 Å². The third-order valence-corrected chi connectivity index (χ3v) is 4.67. The molecule has 0 heterocycles. The molecule has 23 heavy (non-hydrogen) atoms. The Kier molecular flexibility index (Phi) is 7.15. The number of benzene rings is 2. The highest BCUT2D eigenvalue weighted by Crippen LogP contribution is 2.19. The number of rotatable bonds is 6. The second kappa shape index (κ2) is 9.11. The van der Waals surface area contributed by atoms with E-state index in [4.69, 9.17) is 23.8 Å². The van der Waals surface area contributed by atoms with E-state index in [2.05, 4.69) is 41.8 Å². The van der Waals surface area contributed by atoms with Crippen LogP contribution in [-0.2, 0) is 5.75 Å². The molecule has 122 valence electrons. The predicted molar refractivity (Wildman–Crippen MR) is 103 cm³/mol. The van der Waals surface area contributed by atoms with Crippen LogP contribution in [0.3, 0.4) is 0 Å². The molecule has 0 aliphatic rings. The average Bonchev–Trinajstić information content (AvgIpc) is 2.52. The fourth-order valence-electron chi connectivity index (χ4n) is 1.86. The van der Waals surface area contributed by atoms with Gasteiger partial charge in [0, 0.05) is 23.7 Å². The van der Waals surface area contributed by atoms with E-state index in [0.29, 0.717) is 10.8 Å². The monoisotopic (exact) mass is 368 g/mol. The zero-order valence-electron chi connectivity index (χ0n) is 12.7. The van der Waals surface area contributed by atoms with Crippen LogP contribution in [0.15, 0.2) is 42.5 Å². The Morgan fingerprint density at radius 1 is 1.22 bits per heavy atom. The predicted octanol–water partition coefficient (Wildman–Crippen LogP) is 5.01. The molecule has 0 aromatic heterocycles. The lowest BCUT2D eigenvalue weighted by Gasteiger charge is -2.11. The van der Waals surface area contributed by atoms with E-state index < -0.39 is 5.82 Å². The van der Waals surface area contributed by atoms with Crippen molar-refractivity contribution in [3.05, 3.63) is 64.4 Å². The number of thiocarbonyl (C=S) groups is 1. The summed E-state index contributed by atoms with van der Waals surface area (Å²) < 4.78 is 13.1. The molecule has 0 bridgehead atoms. The van der Waals surface area contributed by atoms with E-state index in [1.54, 1.807) is 6.07 Å². The number of hydrogen-bond donors (Lipinski definition) is 2. The molecule has 2 nitrogen and oxygen atoms in total. The Morgan fingerprint density at radius 2 is 1.96 bits per heavy atom. The van der Waals surface area contributed by atoms with Crippen molar-refractivity contribution in [3.63, 3.8) is 0 Å². The summed E-state index contributed by atoms with van der Waals surface area (Å²) in [4.78, 5) is 0. The van der Waals surface area contributed by atoms with Crippen LogP contribution in [0.4, 0.5) is 10.1 Å². The van der Waals surface area contributed by atoms with Gasteiger partial charge < -0.3 is 10.6 Å². The molecular weight excluding hydrogens is 351 g/mol. The molecule has 0 saturated carbocycles. The van der Waals surface area contributed by atoms with Crippen molar-refractivity contribution in [2.45, 2.75) is 12.7 Å². The van der Waals surface area contributed by atoms with E-state index in [1.165, 1.54) is 23.3 Å². The van der Waals surface area contributed by atoms with Crippen molar-refractivity contribution in [2.75, 3.05) is 17.6 Å². The van der Waals surface area contributed by atoms with E-state index in [1.807, 2.05) is 11.8 Å². The van der Waals surface area contributed by atoms with Gasteiger partial charge in [-0.15, -0.1) is 0 Å². The lowest BCUT2D eigenvalue weighted by Crippen LogP contribution is -2.30. The lowest BCUT2D eigenvalue weighted by atomic mass is 10.2. The summed E-state index contributed by atoms with van der Waals surface area (Å²) in [5.41, 5.74) is 3.27. The van der Waals surface area contributed by atoms with Gasteiger partial charge in [0.05, 0.1) is 5.02 Å². The molecule has 0 spiro atoms.